The fourth-order valence-corrected chi connectivity index (χ4v) is 2.50. The molecule has 7 heteroatoms. The highest BCUT2D eigenvalue weighted by molar-refractivity contribution is 5.93. The largest absolute Gasteiger partial charge is 0.331 e. The van der Waals surface area contributed by atoms with E-state index in [2.05, 4.69) is 21.0 Å². The second-order valence-electron chi connectivity index (χ2n) is 5.90. The van der Waals surface area contributed by atoms with Crippen molar-refractivity contribution in [3.05, 3.63) is 41.7 Å². The number of urea groups is 1. The summed E-state index contributed by atoms with van der Waals surface area (Å²) >= 11 is 0. The van der Waals surface area contributed by atoms with Crippen molar-refractivity contribution in [3.8, 4) is 0 Å². The predicted octanol–water partition coefficient (Wildman–Crippen LogP) is 3.44. The van der Waals surface area contributed by atoms with E-state index in [1.54, 1.807) is 18.3 Å². The predicted molar refractivity (Wildman–Crippen MR) is 98.6 cm³/mol. The van der Waals surface area contributed by atoms with Gasteiger partial charge in [0, 0.05) is 36.6 Å². The number of hydrogen-bond acceptors (Lipinski definition) is 3. The lowest BCUT2D eigenvalue weighted by molar-refractivity contribution is -0.114. The summed E-state index contributed by atoms with van der Waals surface area (Å²) in [5, 5.41) is 12.8. The fraction of sp³-hybridized carbons (Fsp3) is 0.389. The number of anilines is 2. The van der Waals surface area contributed by atoms with Crippen LogP contribution in [0.2, 0.25) is 0 Å². The number of amides is 3. The van der Waals surface area contributed by atoms with Gasteiger partial charge in [0.1, 0.15) is 0 Å². The van der Waals surface area contributed by atoms with Gasteiger partial charge in [0.15, 0.2) is 0 Å². The standard InChI is InChI=1S/C18H25N5O2/c1-5-16(14-10-19-23(6-2)11-14)22-18(25)21-15-8-7-12(3)17(9-15)20-13(4)24/h7-11,16H,5-6H2,1-4H3,(H,20,24)(H2,21,22,25)/t16-/m0/s1. The van der Waals surface area contributed by atoms with Crippen LogP contribution in [-0.4, -0.2) is 21.7 Å². The van der Waals surface area contributed by atoms with Gasteiger partial charge in [0.2, 0.25) is 5.91 Å². The first-order valence-electron chi connectivity index (χ1n) is 8.41. The van der Waals surface area contributed by atoms with E-state index in [0.717, 1.165) is 24.1 Å². The second-order valence-corrected chi connectivity index (χ2v) is 5.90. The summed E-state index contributed by atoms with van der Waals surface area (Å²) in [5.41, 5.74) is 3.20. The Morgan fingerprint density at radius 1 is 1.24 bits per heavy atom. The number of carbonyl (C=O) groups excluding carboxylic acids is 2. The van der Waals surface area contributed by atoms with Crippen molar-refractivity contribution < 1.29 is 9.59 Å². The van der Waals surface area contributed by atoms with Crippen molar-refractivity contribution in [2.24, 2.45) is 0 Å². The van der Waals surface area contributed by atoms with Crippen LogP contribution in [0.15, 0.2) is 30.6 Å². The Morgan fingerprint density at radius 2 is 2.00 bits per heavy atom. The summed E-state index contributed by atoms with van der Waals surface area (Å²) in [5.74, 6) is -0.149. The average molecular weight is 343 g/mol. The zero-order chi connectivity index (χ0) is 18.4. The molecule has 3 amide bonds. The smallest absolute Gasteiger partial charge is 0.319 e. The molecule has 1 atom stereocenters. The van der Waals surface area contributed by atoms with Crippen LogP contribution in [0.5, 0.6) is 0 Å². The lowest BCUT2D eigenvalue weighted by Gasteiger charge is -2.17. The van der Waals surface area contributed by atoms with Crippen LogP contribution in [0.4, 0.5) is 16.2 Å². The van der Waals surface area contributed by atoms with E-state index in [9.17, 15) is 9.59 Å². The molecule has 2 aromatic rings. The molecule has 0 saturated heterocycles. The van der Waals surface area contributed by atoms with E-state index in [0.29, 0.717) is 11.4 Å². The Labute approximate surface area is 147 Å². The summed E-state index contributed by atoms with van der Waals surface area (Å²) in [6.45, 7) is 8.16. The number of aromatic nitrogens is 2. The maximum Gasteiger partial charge on any atom is 0.319 e. The zero-order valence-electron chi connectivity index (χ0n) is 15.1. The van der Waals surface area contributed by atoms with Crippen molar-refractivity contribution in [3.63, 3.8) is 0 Å². The van der Waals surface area contributed by atoms with Crippen LogP contribution in [0, 0.1) is 6.92 Å². The molecular weight excluding hydrogens is 318 g/mol. The fourth-order valence-electron chi connectivity index (χ4n) is 2.50. The van der Waals surface area contributed by atoms with Crippen molar-refractivity contribution in [1.29, 1.82) is 0 Å². The monoisotopic (exact) mass is 343 g/mol. The lowest BCUT2D eigenvalue weighted by atomic mass is 10.1. The van der Waals surface area contributed by atoms with Crippen LogP contribution in [0.25, 0.3) is 0 Å². The summed E-state index contributed by atoms with van der Waals surface area (Å²) in [4.78, 5) is 23.6. The zero-order valence-corrected chi connectivity index (χ0v) is 15.1. The SMILES string of the molecule is CC[C@H](NC(=O)Nc1ccc(C)c(NC(C)=O)c1)c1cnn(CC)c1. The lowest BCUT2D eigenvalue weighted by Crippen LogP contribution is -2.32. The van der Waals surface area contributed by atoms with E-state index in [1.807, 2.05) is 37.7 Å². The van der Waals surface area contributed by atoms with Crippen LogP contribution >= 0.6 is 0 Å². The van der Waals surface area contributed by atoms with Gasteiger partial charge in [-0.1, -0.05) is 13.0 Å². The van der Waals surface area contributed by atoms with E-state index in [4.69, 9.17) is 0 Å². The molecule has 0 radical (unpaired) electrons. The highest BCUT2D eigenvalue weighted by Crippen LogP contribution is 2.21. The number of rotatable bonds is 6. The van der Waals surface area contributed by atoms with E-state index in [-0.39, 0.29) is 18.0 Å². The van der Waals surface area contributed by atoms with Crippen molar-refractivity contribution in [1.82, 2.24) is 15.1 Å². The third kappa shape index (κ3) is 5.07. The van der Waals surface area contributed by atoms with Gasteiger partial charge >= 0.3 is 6.03 Å². The molecule has 134 valence electrons. The molecule has 0 aliphatic carbocycles. The molecule has 0 unspecified atom stereocenters. The Hall–Kier alpha value is -2.83. The molecule has 0 aliphatic rings. The van der Waals surface area contributed by atoms with Crippen LogP contribution in [-0.2, 0) is 11.3 Å². The first kappa shape index (κ1) is 18.5. The van der Waals surface area contributed by atoms with Crippen molar-refractivity contribution >= 4 is 23.3 Å². The molecule has 0 saturated carbocycles. The Morgan fingerprint density at radius 3 is 2.60 bits per heavy atom. The second kappa shape index (κ2) is 8.32. The van der Waals surface area contributed by atoms with Crippen molar-refractivity contribution in [2.45, 2.75) is 46.7 Å². The first-order valence-corrected chi connectivity index (χ1v) is 8.41. The highest BCUT2D eigenvalue weighted by Gasteiger charge is 2.15. The number of aryl methyl sites for hydroxylation is 2. The molecule has 0 spiro atoms. The Balaban J connectivity index is 2.04. The van der Waals surface area contributed by atoms with E-state index in [1.165, 1.54) is 6.92 Å². The third-order valence-corrected chi connectivity index (χ3v) is 3.90. The molecule has 0 fully saturated rings. The minimum absolute atomic E-state index is 0.111. The highest BCUT2D eigenvalue weighted by atomic mass is 16.2. The van der Waals surface area contributed by atoms with Crippen LogP contribution in [0.3, 0.4) is 0 Å². The molecule has 0 bridgehead atoms. The van der Waals surface area contributed by atoms with Gasteiger partial charge in [-0.3, -0.25) is 9.48 Å². The molecule has 0 aliphatic heterocycles. The van der Waals surface area contributed by atoms with E-state index >= 15 is 0 Å². The maximum atomic E-state index is 12.3. The minimum atomic E-state index is -0.297. The normalized spacial score (nSPS) is 11.7. The van der Waals surface area contributed by atoms with Crippen LogP contribution in [0.1, 0.15) is 44.4 Å². The molecule has 1 aromatic heterocycles. The van der Waals surface area contributed by atoms with Gasteiger partial charge in [-0.2, -0.15) is 5.10 Å². The van der Waals surface area contributed by atoms with Gasteiger partial charge in [-0.05, 0) is 38.0 Å². The third-order valence-electron chi connectivity index (χ3n) is 3.90. The molecule has 2 rings (SSSR count). The maximum absolute atomic E-state index is 12.3. The van der Waals surface area contributed by atoms with Gasteiger partial charge in [0.05, 0.1) is 12.2 Å². The van der Waals surface area contributed by atoms with Gasteiger partial charge < -0.3 is 16.0 Å². The van der Waals surface area contributed by atoms with Crippen molar-refractivity contribution in [2.75, 3.05) is 10.6 Å². The summed E-state index contributed by atoms with van der Waals surface area (Å²) in [7, 11) is 0. The Bertz CT molecular complexity index is 754. The molecule has 25 heavy (non-hydrogen) atoms. The van der Waals surface area contributed by atoms with Gasteiger partial charge in [-0.25, -0.2) is 4.79 Å². The molecular formula is C18H25N5O2. The molecule has 1 heterocycles. The number of benzene rings is 1. The minimum Gasteiger partial charge on any atom is -0.331 e. The Kier molecular flexibility index (Phi) is 6.16. The summed E-state index contributed by atoms with van der Waals surface area (Å²) in [6.07, 6.45) is 4.47. The average Bonchev–Trinajstić information content (AvgIpc) is 3.04. The van der Waals surface area contributed by atoms with E-state index < -0.39 is 0 Å². The number of carbonyl (C=O) groups is 2. The summed E-state index contributed by atoms with van der Waals surface area (Å²) in [6, 6.07) is 4.99. The topological polar surface area (TPSA) is 88.1 Å². The summed E-state index contributed by atoms with van der Waals surface area (Å²) < 4.78 is 1.83. The van der Waals surface area contributed by atoms with Gasteiger partial charge in [-0.15, -0.1) is 0 Å². The molecule has 7 nitrogen and oxygen atoms in total. The molecule has 1 aromatic carbocycles. The molecule has 3 N–H and O–H groups in total. The first-order chi connectivity index (χ1) is 11.9. The number of hydrogen-bond donors (Lipinski definition) is 3. The number of nitrogens with one attached hydrogen (secondary N) is 3. The quantitative estimate of drug-likeness (QED) is 0.751. The van der Waals surface area contributed by atoms with Crippen LogP contribution < -0.4 is 16.0 Å². The van der Waals surface area contributed by atoms with Gasteiger partial charge in [0.25, 0.3) is 0 Å². The number of nitrogens with zero attached hydrogens (tertiary/aromatic N) is 2.